The number of aliphatic hydroxyl groups is 2. The number of rotatable bonds is 8. The molecule has 1 aliphatic heterocycles. The van der Waals surface area contributed by atoms with Gasteiger partial charge in [0.2, 0.25) is 5.82 Å². The zero-order chi connectivity index (χ0) is 25.3. The molecular formula is C26H26N6O4. The number of carbonyl (C=O) groups excluding carboxylic acids is 1. The highest BCUT2D eigenvalue weighted by Crippen LogP contribution is 2.33. The van der Waals surface area contributed by atoms with Gasteiger partial charge in [0.25, 0.3) is 11.8 Å². The van der Waals surface area contributed by atoms with Gasteiger partial charge in [-0.1, -0.05) is 35.5 Å². The summed E-state index contributed by atoms with van der Waals surface area (Å²) in [5.41, 5.74) is 3.09. The number of aromatic nitrogens is 3. The average molecular weight is 487 g/mol. The minimum atomic E-state index is -1.27. The van der Waals surface area contributed by atoms with E-state index in [0.29, 0.717) is 29.2 Å². The average Bonchev–Trinajstić information content (AvgIpc) is 3.51. The van der Waals surface area contributed by atoms with Gasteiger partial charge in [-0.3, -0.25) is 4.79 Å². The molecule has 5 N–H and O–H groups in total. The summed E-state index contributed by atoms with van der Waals surface area (Å²) in [6.07, 6.45) is 1.59. The third-order valence-corrected chi connectivity index (χ3v) is 5.88. The Bertz CT molecular complexity index is 1400. The van der Waals surface area contributed by atoms with Crippen LogP contribution in [-0.4, -0.2) is 37.9 Å². The molecule has 1 amide bonds. The van der Waals surface area contributed by atoms with Gasteiger partial charge in [-0.15, -0.1) is 0 Å². The summed E-state index contributed by atoms with van der Waals surface area (Å²) in [4.78, 5) is 20.7. The molecule has 0 bridgehead atoms. The van der Waals surface area contributed by atoms with Gasteiger partial charge in [-0.2, -0.15) is 4.98 Å². The number of hydrogen-bond acceptors (Lipinski definition) is 9. The number of aliphatic hydroxyl groups excluding tert-OH is 1. The fraction of sp³-hybridized carbons (Fsp3) is 0.231. The smallest absolute Gasteiger partial charge is 0.261 e. The number of benzene rings is 2. The molecule has 1 aliphatic rings. The monoisotopic (exact) mass is 486 g/mol. The van der Waals surface area contributed by atoms with Crippen LogP contribution in [0, 0.1) is 0 Å². The molecule has 2 aromatic carbocycles. The van der Waals surface area contributed by atoms with Gasteiger partial charge >= 0.3 is 0 Å². The van der Waals surface area contributed by atoms with Crippen molar-refractivity contribution < 1.29 is 19.5 Å². The van der Waals surface area contributed by atoms with Gasteiger partial charge in [0.15, 0.2) is 0 Å². The quantitative estimate of drug-likeness (QED) is 0.253. The predicted octanol–water partition coefficient (Wildman–Crippen LogP) is 3.49. The molecule has 0 fully saturated rings. The van der Waals surface area contributed by atoms with Crippen molar-refractivity contribution >= 4 is 23.1 Å². The van der Waals surface area contributed by atoms with Crippen LogP contribution in [0.15, 0.2) is 65.3 Å². The normalized spacial score (nSPS) is 13.7. The van der Waals surface area contributed by atoms with Gasteiger partial charge in [-0.05, 0) is 43.2 Å². The van der Waals surface area contributed by atoms with Crippen molar-refractivity contribution in [3.05, 3.63) is 83.3 Å². The first-order valence-corrected chi connectivity index (χ1v) is 11.5. The van der Waals surface area contributed by atoms with E-state index in [4.69, 9.17) is 4.52 Å². The molecular weight excluding hydrogens is 460 g/mol. The van der Waals surface area contributed by atoms with Gasteiger partial charge in [0.1, 0.15) is 11.4 Å². The maximum Gasteiger partial charge on any atom is 0.261 e. The summed E-state index contributed by atoms with van der Waals surface area (Å²) < 4.78 is 5.43. The number of carbonyl (C=O) groups is 1. The third kappa shape index (κ3) is 4.77. The van der Waals surface area contributed by atoms with Crippen molar-refractivity contribution in [2.45, 2.75) is 32.0 Å². The summed E-state index contributed by atoms with van der Waals surface area (Å²) >= 11 is 0. The molecule has 184 valence electrons. The summed E-state index contributed by atoms with van der Waals surface area (Å²) in [6, 6.07) is 16.4. The lowest BCUT2D eigenvalue weighted by Crippen LogP contribution is -2.17. The Morgan fingerprint density at radius 2 is 1.94 bits per heavy atom. The second-order valence-corrected chi connectivity index (χ2v) is 9.07. The van der Waals surface area contributed by atoms with Crippen molar-refractivity contribution in [3.63, 3.8) is 0 Å². The van der Waals surface area contributed by atoms with Gasteiger partial charge in [0.05, 0.1) is 23.9 Å². The Labute approximate surface area is 207 Å². The Morgan fingerprint density at radius 3 is 2.67 bits per heavy atom. The van der Waals surface area contributed by atoms with Crippen molar-refractivity contribution in [1.82, 2.24) is 20.4 Å². The molecule has 10 heteroatoms. The van der Waals surface area contributed by atoms with E-state index in [-0.39, 0.29) is 24.2 Å². The van der Waals surface area contributed by atoms with Crippen LogP contribution < -0.4 is 16.0 Å². The zero-order valence-corrected chi connectivity index (χ0v) is 19.8. The number of nitrogens with zero attached hydrogens (tertiary/aromatic N) is 3. The van der Waals surface area contributed by atoms with Crippen LogP contribution in [0.2, 0.25) is 0 Å². The van der Waals surface area contributed by atoms with Crippen LogP contribution in [0.25, 0.3) is 11.5 Å². The maximum absolute atomic E-state index is 11.9. The van der Waals surface area contributed by atoms with Gasteiger partial charge in [0, 0.05) is 30.1 Å². The molecule has 0 unspecified atom stereocenters. The van der Waals surface area contributed by atoms with Crippen LogP contribution >= 0.6 is 0 Å². The first kappa shape index (κ1) is 23.5. The Kier molecular flexibility index (Phi) is 6.13. The number of anilines is 3. The SMILES string of the molecule is CC(C)(O)c1noc(-c2cnc(Nc3ccc4c(c3)CNC4=O)cc2N[C@H](CO)c2ccccc2)n1. The molecule has 3 heterocycles. The molecule has 0 radical (unpaired) electrons. The van der Waals surface area contributed by atoms with Crippen LogP contribution in [0.4, 0.5) is 17.2 Å². The highest BCUT2D eigenvalue weighted by atomic mass is 16.5. The Balaban J connectivity index is 1.50. The summed E-state index contributed by atoms with van der Waals surface area (Å²) in [6.45, 7) is 3.48. The minimum absolute atomic E-state index is 0.0774. The number of pyridine rings is 1. The summed E-state index contributed by atoms with van der Waals surface area (Å²) in [5.74, 6) is 0.783. The molecule has 5 rings (SSSR count). The number of hydrogen-bond donors (Lipinski definition) is 5. The van der Waals surface area contributed by atoms with Crippen LogP contribution in [0.5, 0.6) is 0 Å². The zero-order valence-electron chi connectivity index (χ0n) is 19.8. The number of nitrogens with one attached hydrogen (secondary N) is 3. The lowest BCUT2D eigenvalue weighted by atomic mass is 10.1. The van der Waals surface area contributed by atoms with Crippen LogP contribution in [-0.2, 0) is 12.1 Å². The Morgan fingerprint density at radius 1 is 1.14 bits per heavy atom. The number of fused-ring (bicyclic) bond motifs is 1. The minimum Gasteiger partial charge on any atom is -0.394 e. The predicted molar refractivity (Wildman–Crippen MR) is 134 cm³/mol. The highest BCUT2D eigenvalue weighted by Gasteiger charge is 2.25. The molecule has 0 spiro atoms. The van der Waals surface area contributed by atoms with Crippen molar-refractivity contribution in [2.24, 2.45) is 0 Å². The maximum atomic E-state index is 11.9. The van der Waals surface area contributed by atoms with Gasteiger partial charge in [-0.25, -0.2) is 4.98 Å². The molecule has 36 heavy (non-hydrogen) atoms. The molecule has 10 nitrogen and oxygen atoms in total. The fourth-order valence-electron chi connectivity index (χ4n) is 3.96. The van der Waals surface area contributed by atoms with E-state index in [1.54, 1.807) is 32.2 Å². The van der Waals surface area contributed by atoms with Crippen molar-refractivity contribution in [1.29, 1.82) is 0 Å². The van der Waals surface area contributed by atoms with Crippen molar-refractivity contribution in [2.75, 3.05) is 17.2 Å². The summed E-state index contributed by atoms with van der Waals surface area (Å²) in [5, 5.41) is 33.7. The topological polar surface area (TPSA) is 145 Å². The molecule has 0 saturated heterocycles. The van der Waals surface area contributed by atoms with Gasteiger partial charge < -0.3 is 30.7 Å². The highest BCUT2D eigenvalue weighted by molar-refractivity contribution is 5.98. The Hall–Kier alpha value is -4.28. The van der Waals surface area contributed by atoms with Crippen LogP contribution in [0.1, 0.15) is 47.2 Å². The lowest BCUT2D eigenvalue weighted by molar-refractivity contribution is 0.0661. The standard InChI is InChI=1S/C26H26N6O4/c1-26(2,35)25-31-24(36-32-25)19-13-27-22(29-17-8-9-18-16(10-17)12-28-23(18)34)11-20(19)30-21(14-33)15-6-4-3-5-7-15/h3-11,13,21,33,35H,12,14H2,1-2H3,(H,28,34)(H2,27,29,30)/t21-/m1/s1. The van der Waals surface area contributed by atoms with Crippen LogP contribution in [0.3, 0.4) is 0 Å². The van der Waals surface area contributed by atoms with E-state index >= 15 is 0 Å². The van der Waals surface area contributed by atoms with E-state index in [2.05, 4.69) is 31.1 Å². The molecule has 1 atom stereocenters. The molecule has 4 aromatic rings. The second kappa shape index (κ2) is 9.40. The first-order chi connectivity index (χ1) is 17.3. The van der Waals surface area contributed by atoms with E-state index in [1.807, 2.05) is 42.5 Å². The van der Waals surface area contributed by atoms with E-state index in [1.165, 1.54) is 0 Å². The van der Waals surface area contributed by atoms with E-state index < -0.39 is 11.6 Å². The molecule has 2 aromatic heterocycles. The third-order valence-electron chi connectivity index (χ3n) is 5.88. The summed E-state index contributed by atoms with van der Waals surface area (Å²) in [7, 11) is 0. The largest absolute Gasteiger partial charge is 0.394 e. The van der Waals surface area contributed by atoms with E-state index in [0.717, 1.165) is 16.8 Å². The molecule has 0 saturated carbocycles. The molecule has 0 aliphatic carbocycles. The lowest BCUT2D eigenvalue weighted by Gasteiger charge is -2.20. The fourth-order valence-corrected chi connectivity index (χ4v) is 3.96. The first-order valence-electron chi connectivity index (χ1n) is 11.5. The second-order valence-electron chi connectivity index (χ2n) is 9.07. The number of amides is 1. The van der Waals surface area contributed by atoms with E-state index in [9.17, 15) is 15.0 Å². The van der Waals surface area contributed by atoms with Crippen molar-refractivity contribution in [3.8, 4) is 11.5 Å².